The van der Waals surface area contributed by atoms with Crippen molar-refractivity contribution in [1.29, 1.82) is 5.26 Å². The summed E-state index contributed by atoms with van der Waals surface area (Å²) in [7, 11) is 0. The molecule has 7 nitrogen and oxygen atoms in total. The summed E-state index contributed by atoms with van der Waals surface area (Å²) >= 11 is 10.7. The summed E-state index contributed by atoms with van der Waals surface area (Å²) in [6, 6.07) is 9.65. The van der Waals surface area contributed by atoms with E-state index in [0.717, 1.165) is 36.1 Å². The van der Waals surface area contributed by atoms with Crippen LogP contribution in [0.25, 0.3) is 0 Å². The molecular formula is C22H25ClN2O5S. The number of rotatable bonds is 3. The second-order valence-corrected chi connectivity index (χ2v) is 8.96. The van der Waals surface area contributed by atoms with Crippen LogP contribution in [0.5, 0.6) is 0 Å². The molecule has 1 fully saturated rings. The van der Waals surface area contributed by atoms with E-state index in [9.17, 15) is 25.7 Å². The Hall–Kier alpha value is -1.57. The van der Waals surface area contributed by atoms with Crippen LogP contribution in [0.15, 0.2) is 46.1 Å². The standard InChI is InChI=1S/C22H25ClN2O5S/c23-12-7-5-11(6-8-12)17-13-3-1-2-4-15(13)25(22(31)14(17)9-24)21-20(29)19(28)18(27)16(10-26)30-21/h5-8,16-21,26-29,31H,1-4,10H2/t16-,17+,18+,19+,20-,21-/m1/s1. The first-order valence-electron chi connectivity index (χ1n) is 10.3. The van der Waals surface area contributed by atoms with Crippen molar-refractivity contribution in [3.8, 4) is 6.07 Å². The lowest BCUT2D eigenvalue weighted by Crippen LogP contribution is -2.63. The summed E-state index contributed by atoms with van der Waals surface area (Å²) < 4.78 is 5.81. The molecule has 9 heteroatoms. The van der Waals surface area contributed by atoms with Gasteiger partial charge in [0.25, 0.3) is 0 Å². The largest absolute Gasteiger partial charge is 0.394 e. The van der Waals surface area contributed by atoms with Gasteiger partial charge in [-0.2, -0.15) is 5.26 Å². The van der Waals surface area contributed by atoms with Crippen molar-refractivity contribution in [2.75, 3.05) is 6.61 Å². The summed E-state index contributed by atoms with van der Waals surface area (Å²) in [6.45, 7) is -0.523. The van der Waals surface area contributed by atoms with Crippen molar-refractivity contribution < 1.29 is 25.2 Å². The molecule has 0 unspecified atom stereocenters. The molecule has 0 spiro atoms. The quantitative estimate of drug-likeness (QED) is 0.434. The highest BCUT2D eigenvalue weighted by atomic mass is 35.5. The minimum absolute atomic E-state index is 0.286. The molecular weight excluding hydrogens is 440 g/mol. The number of hydrogen-bond acceptors (Lipinski definition) is 8. The van der Waals surface area contributed by atoms with Crippen LogP contribution < -0.4 is 0 Å². The van der Waals surface area contributed by atoms with Crippen LogP contribution in [0.4, 0.5) is 0 Å². The second kappa shape index (κ2) is 9.12. The van der Waals surface area contributed by atoms with E-state index >= 15 is 0 Å². The number of ether oxygens (including phenoxy) is 1. The van der Waals surface area contributed by atoms with Gasteiger partial charge in [-0.1, -0.05) is 23.7 Å². The van der Waals surface area contributed by atoms with Crippen molar-refractivity contribution in [1.82, 2.24) is 4.90 Å². The first-order chi connectivity index (χ1) is 14.9. The van der Waals surface area contributed by atoms with E-state index < -0.39 is 37.3 Å². The highest BCUT2D eigenvalue weighted by Crippen LogP contribution is 2.49. The molecule has 3 aliphatic rings. The molecule has 0 saturated carbocycles. The third-order valence-corrected chi connectivity index (χ3v) is 7.03. The van der Waals surface area contributed by atoms with E-state index in [1.807, 2.05) is 12.1 Å². The Morgan fingerprint density at radius 3 is 2.42 bits per heavy atom. The number of benzene rings is 1. The highest BCUT2D eigenvalue weighted by Gasteiger charge is 2.49. The molecule has 1 aromatic rings. The summed E-state index contributed by atoms with van der Waals surface area (Å²) in [5, 5.41) is 51.8. The normalized spacial score (nSPS) is 33.9. The van der Waals surface area contributed by atoms with Gasteiger partial charge in [0, 0.05) is 16.6 Å². The van der Waals surface area contributed by atoms with Crippen LogP contribution in [0, 0.1) is 11.3 Å². The lowest BCUT2D eigenvalue weighted by molar-refractivity contribution is -0.255. The molecule has 2 heterocycles. The fraction of sp³-hybridized carbons (Fsp3) is 0.500. The SMILES string of the molecule is N#CC1=C(S)N([C@@H]2O[C@H](CO)[C@H](O)[C@H](O)[C@H]2O)C2=C(CCCC2)[C@@H]1c1ccc(Cl)cc1. The molecule has 6 atom stereocenters. The van der Waals surface area contributed by atoms with Gasteiger partial charge in [0.15, 0.2) is 6.23 Å². The molecule has 1 aromatic carbocycles. The number of aliphatic hydroxyl groups excluding tert-OH is 4. The van der Waals surface area contributed by atoms with Gasteiger partial charge >= 0.3 is 0 Å². The predicted octanol–water partition coefficient (Wildman–Crippen LogP) is 2.03. The Balaban J connectivity index is 1.82. The highest BCUT2D eigenvalue weighted by molar-refractivity contribution is 7.84. The van der Waals surface area contributed by atoms with Gasteiger partial charge in [-0.15, -0.1) is 12.6 Å². The first kappa shape index (κ1) is 22.6. The average molecular weight is 465 g/mol. The van der Waals surface area contributed by atoms with Gasteiger partial charge in [-0.25, -0.2) is 0 Å². The number of hydrogen-bond donors (Lipinski definition) is 5. The molecule has 166 valence electrons. The monoisotopic (exact) mass is 464 g/mol. The fourth-order valence-corrected chi connectivity index (χ4v) is 5.31. The molecule has 31 heavy (non-hydrogen) atoms. The number of halogens is 1. The van der Waals surface area contributed by atoms with Crippen LogP contribution in [-0.4, -0.2) is 62.6 Å². The van der Waals surface area contributed by atoms with E-state index in [4.69, 9.17) is 16.3 Å². The Morgan fingerprint density at radius 1 is 1.10 bits per heavy atom. The number of thiol groups is 1. The molecule has 1 saturated heterocycles. The van der Waals surface area contributed by atoms with Crippen molar-refractivity contribution >= 4 is 24.2 Å². The zero-order valence-corrected chi connectivity index (χ0v) is 18.4. The maximum atomic E-state index is 10.7. The topological polar surface area (TPSA) is 117 Å². The molecule has 0 bridgehead atoms. The van der Waals surface area contributed by atoms with Crippen LogP contribution in [0.1, 0.15) is 37.2 Å². The van der Waals surface area contributed by atoms with E-state index in [1.165, 1.54) is 0 Å². The van der Waals surface area contributed by atoms with Gasteiger partial charge in [0.2, 0.25) is 0 Å². The van der Waals surface area contributed by atoms with E-state index in [-0.39, 0.29) is 5.92 Å². The van der Waals surface area contributed by atoms with Gasteiger partial charge in [-0.05, 0) is 49.0 Å². The van der Waals surface area contributed by atoms with Crippen LogP contribution in [0.3, 0.4) is 0 Å². The van der Waals surface area contributed by atoms with Gasteiger partial charge in [0.05, 0.1) is 23.3 Å². The maximum Gasteiger partial charge on any atom is 0.163 e. The second-order valence-electron chi connectivity index (χ2n) is 8.10. The summed E-state index contributed by atoms with van der Waals surface area (Å²) in [4.78, 5) is 1.66. The van der Waals surface area contributed by atoms with Crippen molar-refractivity contribution in [2.24, 2.45) is 0 Å². The first-order valence-corrected chi connectivity index (χ1v) is 11.1. The zero-order chi connectivity index (χ0) is 22.3. The summed E-state index contributed by atoms with van der Waals surface area (Å²) in [5.41, 5.74) is 3.26. The molecule has 4 N–H and O–H groups in total. The third-order valence-electron chi connectivity index (χ3n) is 6.32. The van der Waals surface area contributed by atoms with Crippen LogP contribution in [0.2, 0.25) is 5.02 Å². The summed E-state index contributed by atoms with van der Waals surface area (Å²) in [5.74, 6) is -0.286. The Morgan fingerprint density at radius 2 is 1.77 bits per heavy atom. The van der Waals surface area contributed by atoms with Crippen molar-refractivity contribution in [3.05, 3.63) is 56.7 Å². The minimum atomic E-state index is -1.51. The Kier molecular flexibility index (Phi) is 6.65. The predicted molar refractivity (Wildman–Crippen MR) is 117 cm³/mol. The fourth-order valence-electron chi connectivity index (χ4n) is 4.77. The number of aliphatic hydroxyl groups is 4. The van der Waals surface area contributed by atoms with Crippen molar-refractivity contribution in [2.45, 2.75) is 62.2 Å². The Labute approximate surface area is 191 Å². The van der Waals surface area contributed by atoms with E-state index in [0.29, 0.717) is 22.0 Å². The summed E-state index contributed by atoms with van der Waals surface area (Å²) in [6.07, 6.45) is -3.22. The van der Waals surface area contributed by atoms with Gasteiger partial charge < -0.3 is 30.1 Å². The smallest absolute Gasteiger partial charge is 0.163 e. The molecule has 0 aromatic heterocycles. The zero-order valence-electron chi connectivity index (χ0n) is 16.7. The molecule has 2 aliphatic heterocycles. The number of nitriles is 1. The average Bonchev–Trinajstić information content (AvgIpc) is 2.78. The van der Waals surface area contributed by atoms with E-state index in [2.05, 4.69) is 18.7 Å². The lowest BCUT2D eigenvalue weighted by atomic mass is 9.76. The van der Waals surface area contributed by atoms with Crippen LogP contribution in [-0.2, 0) is 4.74 Å². The van der Waals surface area contributed by atoms with Crippen molar-refractivity contribution in [3.63, 3.8) is 0 Å². The molecule has 4 rings (SSSR count). The van der Waals surface area contributed by atoms with Gasteiger partial charge in [0.1, 0.15) is 24.4 Å². The maximum absolute atomic E-state index is 10.7. The molecule has 0 radical (unpaired) electrons. The lowest BCUT2D eigenvalue weighted by Gasteiger charge is -2.49. The molecule has 1 aliphatic carbocycles. The van der Waals surface area contributed by atoms with Gasteiger partial charge in [-0.3, -0.25) is 0 Å². The van der Waals surface area contributed by atoms with Crippen LogP contribution >= 0.6 is 24.2 Å². The minimum Gasteiger partial charge on any atom is -0.394 e. The number of allylic oxidation sites excluding steroid dienone is 3. The van der Waals surface area contributed by atoms with E-state index in [1.54, 1.807) is 17.0 Å². The number of nitrogens with zero attached hydrogens (tertiary/aromatic N) is 2. The molecule has 0 amide bonds. The Bertz CT molecular complexity index is 942. The third kappa shape index (κ3) is 3.89.